The Balaban J connectivity index is 2.23. The number of carbonyl (C=O) groups excluding carboxylic acids is 2. The summed E-state index contributed by atoms with van der Waals surface area (Å²) in [7, 11) is 0. The van der Waals surface area contributed by atoms with Crippen molar-refractivity contribution in [1.29, 1.82) is 5.26 Å². The standard InChI is InChI=1S/C24H25ClN2O6/c1-4-30-19-9-7-18(8-10-19)27-24(29)17(14-26)11-16-12-20(25)23(21(13-16)31-5-2)33-15-22(28)32-6-3/h7-13H,4-6,15H2,1-3H3,(H,27,29)/b17-11+. The first kappa shape index (κ1) is 25.6. The normalized spacial score (nSPS) is 10.7. The molecule has 1 N–H and O–H groups in total. The number of carbonyl (C=O) groups is 2. The SMILES string of the molecule is CCOC(=O)COc1c(Cl)cc(/C=C(\C#N)C(=O)Nc2ccc(OCC)cc2)cc1OCC. The summed E-state index contributed by atoms with van der Waals surface area (Å²) >= 11 is 6.33. The summed E-state index contributed by atoms with van der Waals surface area (Å²) < 4.78 is 21.2. The van der Waals surface area contributed by atoms with E-state index in [2.05, 4.69) is 5.32 Å². The van der Waals surface area contributed by atoms with Crippen LogP contribution in [0.25, 0.3) is 6.08 Å². The Labute approximate surface area is 197 Å². The molecule has 0 aromatic heterocycles. The Bertz CT molecular complexity index is 1040. The summed E-state index contributed by atoms with van der Waals surface area (Å²) in [6.07, 6.45) is 1.38. The van der Waals surface area contributed by atoms with Gasteiger partial charge in [-0.05, 0) is 68.8 Å². The minimum Gasteiger partial charge on any atom is -0.494 e. The second kappa shape index (κ2) is 13.0. The van der Waals surface area contributed by atoms with Crippen LogP contribution >= 0.6 is 11.6 Å². The van der Waals surface area contributed by atoms with Crippen LogP contribution in [0.2, 0.25) is 5.02 Å². The third-order valence-corrected chi connectivity index (χ3v) is 4.35. The fourth-order valence-corrected chi connectivity index (χ4v) is 3.00. The molecule has 2 rings (SSSR count). The highest BCUT2D eigenvalue weighted by atomic mass is 35.5. The number of hydrogen-bond donors (Lipinski definition) is 1. The first-order chi connectivity index (χ1) is 15.9. The number of benzene rings is 2. The van der Waals surface area contributed by atoms with Gasteiger partial charge in [-0.15, -0.1) is 0 Å². The molecule has 2 aromatic carbocycles. The molecule has 0 atom stereocenters. The Morgan fingerprint density at radius 3 is 2.33 bits per heavy atom. The van der Waals surface area contributed by atoms with Crippen LogP contribution in [-0.4, -0.2) is 38.3 Å². The topological polar surface area (TPSA) is 107 Å². The van der Waals surface area contributed by atoms with Gasteiger partial charge in [0.2, 0.25) is 0 Å². The van der Waals surface area contributed by atoms with E-state index in [1.807, 2.05) is 13.0 Å². The van der Waals surface area contributed by atoms with Crippen molar-refractivity contribution in [3.05, 3.63) is 52.6 Å². The molecule has 0 aliphatic heterocycles. The lowest BCUT2D eigenvalue weighted by atomic mass is 10.1. The Morgan fingerprint density at radius 1 is 1.03 bits per heavy atom. The van der Waals surface area contributed by atoms with E-state index >= 15 is 0 Å². The molecule has 9 heteroatoms. The van der Waals surface area contributed by atoms with Crippen LogP contribution in [0.1, 0.15) is 26.3 Å². The molecule has 0 spiro atoms. The predicted molar refractivity (Wildman–Crippen MR) is 125 cm³/mol. The molecule has 0 radical (unpaired) electrons. The lowest BCUT2D eigenvalue weighted by Gasteiger charge is -2.14. The van der Waals surface area contributed by atoms with Gasteiger partial charge in [-0.3, -0.25) is 4.79 Å². The number of anilines is 1. The monoisotopic (exact) mass is 472 g/mol. The largest absolute Gasteiger partial charge is 0.494 e. The van der Waals surface area contributed by atoms with Crippen LogP contribution in [0.15, 0.2) is 42.0 Å². The average molecular weight is 473 g/mol. The molecule has 0 aliphatic carbocycles. The van der Waals surface area contributed by atoms with E-state index in [-0.39, 0.29) is 35.3 Å². The minimum atomic E-state index is -0.585. The highest BCUT2D eigenvalue weighted by Crippen LogP contribution is 2.37. The van der Waals surface area contributed by atoms with Gasteiger partial charge in [0.1, 0.15) is 17.4 Å². The number of nitrogens with one attached hydrogen (secondary N) is 1. The van der Waals surface area contributed by atoms with Crippen molar-refractivity contribution in [1.82, 2.24) is 0 Å². The third kappa shape index (κ3) is 7.74. The number of rotatable bonds is 11. The molecule has 0 aliphatic rings. The van der Waals surface area contributed by atoms with Crippen LogP contribution < -0.4 is 19.5 Å². The van der Waals surface area contributed by atoms with Gasteiger partial charge in [-0.1, -0.05) is 11.6 Å². The van der Waals surface area contributed by atoms with Crippen molar-refractivity contribution < 1.29 is 28.5 Å². The third-order valence-electron chi connectivity index (χ3n) is 4.07. The second-order valence-corrected chi connectivity index (χ2v) is 6.85. The van der Waals surface area contributed by atoms with Crippen LogP contribution in [0.3, 0.4) is 0 Å². The fourth-order valence-electron chi connectivity index (χ4n) is 2.72. The van der Waals surface area contributed by atoms with E-state index in [0.717, 1.165) is 0 Å². The molecule has 0 heterocycles. The molecule has 1 amide bonds. The van der Waals surface area contributed by atoms with Crippen LogP contribution in [0.4, 0.5) is 5.69 Å². The Morgan fingerprint density at radius 2 is 1.73 bits per heavy atom. The van der Waals surface area contributed by atoms with Crippen LogP contribution in [-0.2, 0) is 14.3 Å². The summed E-state index contributed by atoms with van der Waals surface area (Å²) in [5.41, 5.74) is 0.827. The minimum absolute atomic E-state index is 0.136. The van der Waals surface area contributed by atoms with Crippen molar-refractivity contribution in [2.24, 2.45) is 0 Å². The fraction of sp³-hybridized carbons (Fsp3) is 0.292. The van der Waals surface area contributed by atoms with Gasteiger partial charge in [0, 0.05) is 5.69 Å². The molecule has 0 bridgehead atoms. The molecular weight excluding hydrogens is 448 g/mol. The van der Waals surface area contributed by atoms with Gasteiger partial charge in [0.05, 0.1) is 24.8 Å². The Hall–Kier alpha value is -3.70. The number of esters is 1. The van der Waals surface area contributed by atoms with Crippen LogP contribution in [0.5, 0.6) is 17.2 Å². The van der Waals surface area contributed by atoms with Gasteiger partial charge in [0.25, 0.3) is 5.91 Å². The molecular formula is C24H25ClN2O6. The zero-order chi connectivity index (χ0) is 24.2. The van der Waals surface area contributed by atoms with Gasteiger partial charge in [-0.25, -0.2) is 4.79 Å². The zero-order valence-corrected chi connectivity index (χ0v) is 19.4. The van der Waals surface area contributed by atoms with Crippen molar-refractivity contribution in [2.45, 2.75) is 20.8 Å². The number of ether oxygens (including phenoxy) is 4. The molecule has 0 unspecified atom stereocenters. The van der Waals surface area contributed by atoms with E-state index < -0.39 is 11.9 Å². The lowest BCUT2D eigenvalue weighted by molar-refractivity contribution is -0.145. The quantitative estimate of drug-likeness (QED) is 0.288. The summed E-state index contributed by atoms with van der Waals surface area (Å²) in [5.74, 6) is -0.0168. The smallest absolute Gasteiger partial charge is 0.344 e. The molecule has 2 aromatic rings. The van der Waals surface area contributed by atoms with E-state index in [4.69, 9.17) is 30.5 Å². The first-order valence-electron chi connectivity index (χ1n) is 10.3. The molecule has 33 heavy (non-hydrogen) atoms. The molecule has 0 saturated heterocycles. The maximum atomic E-state index is 12.6. The average Bonchev–Trinajstić information content (AvgIpc) is 2.78. The predicted octanol–water partition coefficient (Wildman–Crippen LogP) is 4.62. The number of nitriles is 1. The van der Waals surface area contributed by atoms with E-state index in [9.17, 15) is 14.9 Å². The summed E-state index contributed by atoms with van der Waals surface area (Å²) in [4.78, 5) is 24.2. The first-order valence-corrected chi connectivity index (χ1v) is 10.7. The molecule has 0 saturated carbocycles. The summed E-state index contributed by atoms with van der Waals surface area (Å²) in [6.45, 7) is 6.08. The molecule has 174 valence electrons. The maximum absolute atomic E-state index is 12.6. The van der Waals surface area contributed by atoms with E-state index in [1.165, 1.54) is 12.1 Å². The molecule has 0 fully saturated rings. The van der Waals surface area contributed by atoms with Crippen molar-refractivity contribution in [3.8, 4) is 23.3 Å². The van der Waals surface area contributed by atoms with Gasteiger partial charge >= 0.3 is 5.97 Å². The van der Waals surface area contributed by atoms with Crippen molar-refractivity contribution in [3.63, 3.8) is 0 Å². The zero-order valence-electron chi connectivity index (χ0n) is 18.6. The number of hydrogen-bond acceptors (Lipinski definition) is 7. The van der Waals surface area contributed by atoms with Gasteiger partial charge < -0.3 is 24.3 Å². The highest BCUT2D eigenvalue weighted by Gasteiger charge is 2.16. The maximum Gasteiger partial charge on any atom is 0.344 e. The van der Waals surface area contributed by atoms with Gasteiger partial charge in [0.15, 0.2) is 18.1 Å². The van der Waals surface area contributed by atoms with Crippen molar-refractivity contribution >= 4 is 35.2 Å². The van der Waals surface area contributed by atoms with Crippen molar-refractivity contribution in [2.75, 3.05) is 31.7 Å². The van der Waals surface area contributed by atoms with E-state index in [1.54, 1.807) is 44.2 Å². The molecule has 8 nitrogen and oxygen atoms in total. The number of halogens is 1. The number of amides is 1. The highest BCUT2D eigenvalue weighted by molar-refractivity contribution is 6.32. The van der Waals surface area contributed by atoms with Crippen LogP contribution in [0, 0.1) is 11.3 Å². The van der Waals surface area contributed by atoms with E-state index in [0.29, 0.717) is 30.2 Å². The summed E-state index contributed by atoms with van der Waals surface area (Å²) in [6, 6.07) is 11.8. The Kier molecular flexibility index (Phi) is 10.1. The number of nitrogens with zero attached hydrogens (tertiary/aromatic N) is 1. The summed E-state index contributed by atoms with van der Waals surface area (Å²) in [5, 5.41) is 12.3. The second-order valence-electron chi connectivity index (χ2n) is 6.44. The lowest BCUT2D eigenvalue weighted by Crippen LogP contribution is -2.15. The van der Waals surface area contributed by atoms with Gasteiger partial charge in [-0.2, -0.15) is 5.26 Å².